The van der Waals surface area contributed by atoms with Gasteiger partial charge in [0.1, 0.15) is 11.6 Å². The lowest BCUT2D eigenvalue weighted by atomic mass is 10.1. The third-order valence-corrected chi connectivity index (χ3v) is 2.39. The maximum atomic E-state index is 13.0. The van der Waals surface area contributed by atoms with Crippen molar-refractivity contribution in [3.63, 3.8) is 0 Å². The zero-order valence-corrected chi connectivity index (χ0v) is 9.88. The van der Waals surface area contributed by atoms with E-state index < -0.39 is 11.6 Å². The van der Waals surface area contributed by atoms with Gasteiger partial charge in [-0.25, -0.2) is 8.78 Å². The first-order valence-corrected chi connectivity index (χ1v) is 5.55. The summed E-state index contributed by atoms with van der Waals surface area (Å²) in [5, 5.41) is 3.16. The highest BCUT2D eigenvalue weighted by atomic mass is 19.1. The van der Waals surface area contributed by atoms with Crippen molar-refractivity contribution in [3.05, 3.63) is 48.2 Å². The summed E-state index contributed by atoms with van der Waals surface area (Å²) in [6.07, 6.45) is 2.21. The fourth-order valence-electron chi connectivity index (χ4n) is 1.50. The minimum Gasteiger partial charge on any atom is -0.502 e. The molecular formula is C13H17F2NO. The van der Waals surface area contributed by atoms with Crippen molar-refractivity contribution in [2.45, 2.75) is 19.4 Å². The lowest BCUT2D eigenvalue weighted by Crippen LogP contribution is -2.21. The number of hydrogen-bond acceptors (Lipinski definition) is 2. The maximum absolute atomic E-state index is 13.0. The number of hydrogen-bond donors (Lipinski definition) is 1. The van der Waals surface area contributed by atoms with Crippen LogP contribution in [0.15, 0.2) is 31.0 Å². The molecule has 4 heteroatoms. The van der Waals surface area contributed by atoms with Gasteiger partial charge >= 0.3 is 0 Å². The minimum atomic E-state index is -0.552. The Hall–Kier alpha value is -1.42. The van der Waals surface area contributed by atoms with Crippen LogP contribution in [0.3, 0.4) is 0 Å². The summed E-state index contributed by atoms with van der Waals surface area (Å²) in [6.45, 7) is 6.60. The molecule has 0 bridgehead atoms. The molecule has 0 radical (unpaired) electrons. The Morgan fingerprint density at radius 3 is 2.59 bits per heavy atom. The van der Waals surface area contributed by atoms with Gasteiger partial charge in [0.05, 0.1) is 12.9 Å². The Labute approximate surface area is 100 Å². The number of rotatable bonds is 7. The van der Waals surface area contributed by atoms with E-state index in [1.54, 1.807) is 0 Å². The quantitative estimate of drug-likeness (QED) is 0.585. The summed E-state index contributed by atoms with van der Waals surface area (Å²) in [5.41, 5.74) is 0.604. The highest BCUT2D eigenvalue weighted by molar-refractivity contribution is 5.20. The fraction of sp³-hybridized carbons (Fsp3) is 0.385. The smallest absolute Gasteiger partial charge is 0.126 e. The largest absolute Gasteiger partial charge is 0.502 e. The van der Waals surface area contributed by atoms with Crippen molar-refractivity contribution in [2.24, 2.45) is 0 Å². The van der Waals surface area contributed by atoms with Crippen molar-refractivity contribution in [1.82, 2.24) is 5.32 Å². The third-order valence-electron chi connectivity index (χ3n) is 2.39. The SMILES string of the molecule is C=COCCCNC(C)c1cc(F)cc(F)c1. The molecule has 0 saturated heterocycles. The van der Waals surface area contributed by atoms with E-state index in [0.29, 0.717) is 18.7 Å². The van der Waals surface area contributed by atoms with Gasteiger partial charge in [-0.3, -0.25) is 0 Å². The van der Waals surface area contributed by atoms with Gasteiger partial charge in [0.15, 0.2) is 0 Å². The molecule has 0 aliphatic carbocycles. The first-order chi connectivity index (χ1) is 8.13. The van der Waals surface area contributed by atoms with Gasteiger partial charge < -0.3 is 10.1 Å². The molecule has 0 aromatic heterocycles. The second-order valence-electron chi connectivity index (χ2n) is 3.77. The summed E-state index contributed by atoms with van der Waals surface area (Å²) in [4.78, 5) is 0. The van der Waals surface area contributed by atoms with Crippen LogP contribution in [0.2, 0.25) is 0 Å². The average Bonchev–Trinajstić information content (AvgIpc) is 2.27. The zero-order chi connectivity index (χ0) is 12.7. The van der Waals surface area contributed by atoms with E-state index in [1.807, 2.05) is 6.92 Å². The molecule has 2 nitrogen and oxygen atoms in total. The molecule has 1 rings (SSSR count). The van der Waals surface area contributed by atoms with E-state index in [4.69, 9.17) is 4.74 Å². The average molecular weight is 241 g/mol. The van der Waals surface area contributed by atoms with Gasteiger partial charge in [-0.1, -0.05) is 6.58 Å². The monoisotopic (exact) mass is 241 g/mol. The third kappa shape index (κ3) is 4.95. The molecule has 17 heavy (non-hydrogen) atoms. The Kier molecular flexibility index (Phi) is 5.63. The molecule has 0 fully saturated rings. The van der Waals surface area contributed by atoms with Crippen LogP contribution in [0, 0.1) is 11.6 Å². The molecule has 1 aromatic carbocycles. The normalized spacial score (nSPS) is 12.2. The number of nitrogens with one attached hydrogen (secondary N) is 1. The van der Waals surface area contributed by atoms with Gasteiger partial charge in [0.2, 0.25) is 0 Å². The summed E-state index contributed by atoms with van der Waals surface area (Å²) in [7, 11) is 0. The summed E-state index contributed by atoms with van der Waals surface area (Å²) >= 11 is 0. The van der Waals surface area contributed by atoms with Crippen LogP contribution in [-0.2, 0) is 4.74 Å². The molecule has 1 N–H and O–H groups in total. The summed E-state index contributed by atoms with van der Waals surface area (Å²) in [6, 6.07) is 3.44. The Morgan fingerprint density at radius 1 is 1.35 bits per heavy atom. The molecular weight excluding hydrogens is 224 g/mol. The van der Waals surface area contributed by atoms with Gasteiger partial charge in [-0.15, -0.1) is 0 Å². The van der Waals surface area contributed by atoms with Crippen molar-refractivity contribution in [3.8, 4) is 0 Å². The zero-order valence-electron chi connectivity index (χ0n) is 9.88. The lowest BCUT2D eigenvalue weighted by molar-refractivity contribution is 0.243. The van der Waals surface area contributed by atoms with E-state index in [0.717, 1.165) is 12.5 Å². The van der Waals surface area contributed by atoms with E-state index in [-0.39, 0.29) is 6.04 Å². The lowest BCUT2D eigenvalue weighted by Gasteiger charge is -2.14. The predicted molar refractivity (Wildman–Crippen MR) is 63.5 cm³/mol. The van der Waals surface area contributed by atoms with Crippen LogP contribution in [0.5, 0.6) is 0 Å². The summed E-state index contributed by atoms with van der Waals surface area (Å²) < 4.78 is 30.9. The first-order valence-electron chi connectivity index (χ1n) is 5.55. The van der Waals surface area contributed by atoms with Crippen LogP contribution < -0.4 is 5.32 Å². The fourth-order valence-corrected chi connectivity index (χ4v) is 1.50. The second kappa shape index (κ2) is 7.01. The maximum Gasteiger partial charge on any atom is 0.126 e. The Bertz CT molecular complexity index is 348. The van der Waals surface area contributed by atoms with Crippen molar-refractivity contribution >= 4 is 0 Å². The molecule has 1 atom stereocenters. The minimum absolute atomic E-state index is 0.0936. The van der Waals surface area contributed by atoms with Gasteiger partial charge in [-0.2, -0.15) is 0 Å². The highest BCUT2D eigenvalue weighted by Gasteiger charge is 2.07. The number of benzene rings is 1. The van der Waals surface area contributed by atoms with E-state index in [2.05, 4.69) is 11.9 Å². The Balaban J connectivity index is 2.40. The molecule has 0 aliphatic rings. The molecule has 94 valence electrons. The second-order valence-corrected chi connectivity index (χ2v) is 3.77. The standard InChI is InChI=1S/C13H17F2NO/c1-3-17-6-4-5-16-10(2)11-7-12(14)9-13(15)8-11/h3,7-10,16H,1,4-6H2,2H3. The topological polar surface area (TPSA) is 21.3 Å². The van der Waals surface area contributed by atoms with Gasteiger partial charge in [0.25, 0.3) is 0 Å². The van der Waals surface area contributed by atoms with Crippen LogP contribution in [0.1, 0.15) is 24.9 Å². The van der Waals surface area contributed by atoms with Crippen LogP contribution in [0.4, 0.5) is 8.78 Å². The first kappa shape index (κ1) is 13.6. The molecule has 0 saturated carbocycles. The van der Waals surface area contributed by atoms with E-state index in [9.17, 15) is 8.78 Å². The summed E-state index contributed by atoms with van der Waals surface area (Å²) in [5.74, 6) is -1.10. The highest BCUT2D eigenvalue weighted by Crippen LogP contribution is 2.15. The molecule has 0 amide bonds. The number of ether oxygens (including phenoxy) is 1. The van der Waals surface area contributed by atoms with Crippen LogP contribution in [-0.4, -0.2) is 13.2 Å². The van der Waals surface area contributed by atoms with Gasteiger partial charge in [-0.05, 0) is 37.6 Å². The molecule has 0 spiro atoms. The van der Waals surface area contributed by atoms with Gasteiger partial charge in [0, 0.05) is 12.1 Å². The number of halogens is 2. The van der Waals surface area contributed by atoms with Crippen molar-refractivity contribution in [1.29, 1.82) is 0 Å². The van der Waals surface area contributed by atoms with Crippen LogP contribution in [0.25, 0.3) is 0 Å². The predicted octanol–water partition coefficient (Wildman–Crippen LogP) is 3.17. The van der Waals surface area contributed by atoms with E-state index in [1.165, 1.54) is 18.4 Å². The van der Waals surface area contributed by atoms with Crippen LogP contribution >= 0.6 is 0 Å². The molecule has 0 heterocycles. The molecule has 1 aromatic rings. The van der Waals surface area contributed by atoms with E-state index >= 15 is 0 Å². The molecule has 1 unspecified atom stereocenters. The van der Waals surface area contributed by atoms with Crippen molar-refractivity contribution in [2.75, 3.05) is 13.2 Å². The molecule has 0 aliphatic heterocycles. The Morgan fingerprint density at radius 2 is 2.00 bits per heavy atom. The van der Waals surface area contributed by atoms with Crippen molar-refractivity contribution < 1.29 is 13.5 Å².